The van der Waals surface area contributed by atoms with Crippen molar-refractivity contribution in [1.29, 1.82) is 0 Å². The predicted molar refractivity (Wildman–Crippen MR) is 84.0 cm³/mol. The van der Waals surface area contributed by atoms with E-state index < -0.39 is 0 Å². The lowest BCUT2D eigenvalue weighted by atomic mass is 9.93. The van der Waals surface area contributed by atoms with Gasteiger partial charge in [0, 0.05) is 44.3 Å². The first-order valence-corrected chi connectivity index (χ1v) is 8.38. The van der Waals surface area contributed by atoms with Gasteiger partial charge in [0.25, 0.3) is 0 Å². The van der Waals surface area contributed by atoms with Crippen molar-refractivity contribution >= 4 is 0 Å². The third-order valence-electron chi connectivity index (χ3n) is 4.94. The Kier molecular flexibility index (Phi) is 5.84. The van der Waals surface area contributed by atoms with Crippen LogP contribution in [-0.4, -0.2) is 72.4 Å². The Morgan fingerprint density at radius 3 is 2.40 bits per heavy atom. The van der Waals surface area contributed by atoms with Gasteiger partial charge in [-0.3, -0.25) is 4.90 Å². The van der Waals surface area contributed by atoms with Gasteiger partial charge in [-0.1, -0.05) is 6.92 Å². The van der Waals surface area contributed by atoms with Crippen LogP contribution < -0.4 is 5.32 Å². The van der Waals surface area contributed by atoms with Crippen molar-refractivity contribution in [3.05, 3.63) is 0 Å². The Morgan fingerprint density at radius 2 is 1.90 bits per heavy atom. The van der Waals surface area contributed by atoms with Gasteiger partial charge in [0.1, 0.15) is 0 Å². The van der Waals surface area contributed by atoms with Gasteiger partial charge in [-0.25, -0.2) is 0 Å². The van der Waals surface area contributed by atoms with E-state index in [2.05, 4.69) is 35.9 Å². The molecule has 0 amide bonds. The fraction of sp³-hybridized carbons (Fsp3) is 1.00. The molecule has 0 bridgehead atoms. The van der Waals surface area contributed by atoms with Gasteiger partial charge in [0.05, 0.1) is 6.61 Å². The van der Waals surface area contributed by atoms with Gasteiger partial charge >= 0.3 is 0 Å². The third kappa shape index (κ3) is 4.69. The summed E-state index contributed by atoms with van der Waals surface area (Å²) in [5, 5.41) is 13.1. The molecule has 0 aromatic carbocycles. The lowest BCUT2D eigenvalue weighted by Gasteiger charge is -2.41. The number of rotatable bonds is 8. The molecule has 1 aliphatic heterocycles. The molecule has 1 saturated heterocycles. The maximum absolute atomic E-state index is 9.62. The Hall–Kier alpha value is -0.160. The number of hydrogen-bond acceptors (Lipinski definition) is 4. The van der Waals surface area contributed by atoms with Crippen molar-refractivity contribution in [3.8, 4) is 0 Å². The van der Waals surface area contributed by atoms with Crippen LogP contribution in [0, 0.1) is 5.92 Å². The monoisotopic (exact) mass is 283 g/mol. The number of piperazine rings is 1. The number of nitrogens with one attached hydrogen (secondary N) is 1. The van der Waals surface area contributed by atoms with Crippen LogP contribution in [0.15, 0.2) is 0 Å². The van der Waals surface area contributed by atoms with Crippen molar-refractivity contribution in [2.45, 2.75) is 51.6 Å². The zero-order valence-corrected chi connectivity index (χ0v) is 13.6. The molecule has 1 saturated carbocycles. The number of hydrogen-bond donors (Lipinski definition) is 2. The highest BCUT2D eigenvalue weighted by Gasteiger charge is 2.30. The van der Waals surface area contributed by atoms with Crippen LogP contribution in [0.1, 0.15) is 40.0 Å². The summed E-state index contributed by atoms with van der Waals surface area (Å²) >= 11 is 0. The summed E-state index contributed by atoms with van der Waals surface area (Å²) in [6.45, 7) is 13.8. The number of nitrogens with zero attached hydrogens (tertiary/aromatic N) is 2. The molecule has 2 atom stereocenters. The van der Waals surface area contributed by atoms with Gasteiger partial charge in [-0.15, -0.1) is 0 Å². The summed E-state index contributed by atoms with van der Waals surface area (Å²) in [5.74, 6) is 1.01. The normalized spacial score (nSPS) is 26.4. The molecule has 0 aromatic heterocycles. The minimum atomic E-state index is -0.140. The van der Waals surface area contributed by atoms with Crippen molar-refractivity contribution in [2.24, 2.45) is 5.92 Å². The first-order chi connectivity index (χ1) is 9.56. The Morgan fingerprint density at radius 1 is 1.25 bits per heavy atom. The summed E-state index contributed by atoms with van der Waals surface area (Å²) in [6, 6.07) is 0.536. The van der Waals surface area contributed by atoms with E-state index in [9.17, 15) is 5.11 Å². The van der Waals surface area contributed by atoms with Crippen LogP contribution in [0.4, 0.5) is 0 Å². The van der Waals surface area contributed by atoms with Gasteiger partial charge in [-0.05, 0) is 45.6 Å². The van der Waals surface area contributed by atoms with Crippen molar-refractivity contribution < 1.29 is 5.11 Å². The maximum atomic E-state index is 9.62. The molecule has 2 fully saturated rings. The lowest BCUT2D eigenvalue weighted by Crippen LogP contribution is -2.54. The highest BCUT2D eigenvalue weighted by molar-refractivity contribution is 4.89. The van der Waals surface area contributed by atoms with Crippen LogP contribution >= 0.6 is 0 Å². The topological polar surface area (TPSA) is 38.7 Å². The largest absolute Gasteiger partial charge is 0.394 e. The summed E-state index contributed by atoms with van der Waals surface area (Å²) in [4.78, 5) is 5.23. The van der Waals surface area contributed by atoms with Gasteiger partial charge in [0.15, 0.2) is 0 Å². The summed E-state index contributed by atoms with van der Waals surface area (Å²) in [6.07, 6.45) is 3.92. The predicted octanol–water partition coefficient (Wildman–Crippen LogP) is 1.15. The molecule has 2 rings (SSSR count). The van der Waals surface area contributed by atoms with Crippen LogP contribution in [-0.2, 0) is 0 Å². The van der Waals surface area contributed by atoms with E-state index >= 15 is 0 Å². The molecule has 1 heterocycles. The third-order valence-corrected chi connectivity index (χ3v) is 4.94. The first-order valence-electron chi connectivity index (χ1n) is 8.38. The van der Waals surface area contributed by atoms with Crippen molar-refractivity contribution in [3.63, 3.8) is 0 Å². The van der Waals surface area contributed by atoms with Gasteiger partial charge < -0.3 is 15.3 Å². The Balaban J connectivity index is 1.74. The number of likely N-dealkylation sites (N-methyl/N-ethyl adjacent to an activating group) is 1. The van der Waals surface area contributed by atoms with E-state index in [1.807, 2.05) is 0 Å². The van der Waals surface area contributed by atoms with Crippen LogP contribution in [0.2, 0.25) is 0 Å². The molecule has 4 heteroatoms. The highest BCUT2D eigenvalue weighted by atomic mass is 16.3. The van der Waals surface area contributed by atoms with E-state index in [1.54, 1.807) is 0 Å². The highest BCUT2D eigenvalue weighted by Crippen LogP contribution is 2.30. The van der Waals surface area contributed by atoms with Gasteiger partial charge in [-0.2, -0.15) is 0 Å². The first kappa shape index (κ1) is 16.2. The second kappa shape index (κ2) is 7.21. The maximum Gasteiger partial charge on any atom is 0.0611 e. The Bertz CT molecular complexity index is 287. The standard InChI is InChI=1S/C16H33N3O/c1-4-17-16(3,13-20)11-14(2)19-9-7-18(8-10-19)12-15-5-6-15/h14-15,17,20H,4-13H2,1-3H3. The van der Waals surface area contributed by atoms with Crippen LogP contribution in [0.5, 0.6) is 0 Å². The minimum absolute atomic E-state index is 0.140. The second-order valence-corrected chi connectivity index (χ2v) is 7.08. The van der Waals surface area contributed by atoms with Crippen LogP contribution in [0.3, 0.4) is 0 Å². The van der Waals surface area contributed by atoms with Gasteiger partial charge in [0.2, 0.25) is 0 Å². The average Bonchev–Trinajstić information content (AvgIpc) is 3.23. The molecule has 2 unspecified atom stereocenters. The van der Waals surface area contributed by atoms with E-state index in [1.165, 1.54) is 45.6 Å². The summed E-state index contributed by atoms with van der Waals surface area (Å²) in [7, 11) is 0. The van der Waals surface area contributed by atoms with E-state index in [0.717, 1.165) is 18.9 Å². The quantitative estimate of drug-likeness (QED) is 0.701. The van der Waals surface area contributed by atoms with E-state index in [4.69, 9.17) is 0 Å². The molecule has 20 heavy (non-hydrogen) atoms. The molecule has 0 aromatic rings. The Labute approximate surface area is 124 Å². The molecule has 2 N–H and O–H groups in total. The molecular weight excluding hydrogens is 250 g/mol. The zero-order chi connectivity index (χ0) is 14.6. The average molecular weight is 283 g/mol. The molecule has 0 radical (unpaired) electrons. The SMILES string of the molecule is CCNC(C)(CO)CC(C)N1CCN(CC2CC2)CC1. The molecule has 4 nitrogen and oxygen atoms in total. The van der Waals surface area contributed by atoms with Crippen LogP contribution in [0.25, 0.3) is 0 Å². The zero-order valence-electron chi connectivity index (χ0n) is 13.6. The van der Waals surface area contributed by atoms with Crippen molar-refractivity contribution in [2.75, 3.05) is 45.9 Å². The molecular formula is C16H33N3O. The fourth-order valence-corrected chi connectivity index (χ4v) is 3.45. The number of aliphatic hydroxyl groups excluding tert-OH is 1. The number of aliphatic hydroxyl groups is 1. The van der Waals surface area contributed by atoms with Crippen molar-refractivity contribution in [1.82, 2.24) is 15.1 Å². The van der Waals surface area contributed by atoms with E-state index in [0.29, 0.717) is 6.04 Å². The molecule has 2 aliphatic rings. The molecule has 118 valence electrons. The smallest absolute Gasteiger partial charge is 0.0611 e. The molecule has 1 aliphatic carbocycles. The summed E-state index contributed by atoms with van der Waals surface area (Å²) in [5.41, 5.74) is -0.140. The summed E-state index contributed by atoms with van der Waals surface area (Å²) < 4.78 is 0. The second-order valence-electron chi connectivity index (χ2n) is 7.08. The lowest BCUT2D eigenvalue weighted by molar-refractivity contribution is 0.0704. The van der Waals surface area contributed by atoms with E-state index in [-0.39, 0.29) is 12.1 Å². The molecule has 0 spiro atoms. The minimum Gasteiger partial charge on any atom is -0.394 e. The fourth-order valence-electron chi connectivity index (χ4n) is 3.45.